The molecule has 0 radical (unpaired) electrons. The highest BCUT2D eigenvalue weighted by Gasteiger charge is 2.15. The maximum atomic E-state index is 13.0. The van der Waals surface area contributed by atoms with E-state index in [4.69, 9.17) is 4.42 Å². The van der Waals surface area contributed by atoms with Gasteiger partial charge in [0.05, 0.1) is 5.75 Å². The lowest BCUT2D eigenvalue weighted by molar-refractivity contribution is 0.0946. The van der Waals surface area contributed by atoms with Gasteiger partial charge in [-0.1, -0.05) is 41.6 Å². The Morgan fingerprint density at radius 3 is 2.58 bits per heavy atom. The van der Waals surface area contributed by atoms with Gasteiger partial charge < -0.3 is 9.73 Å². The minimum absolute atomic E-state index is 0.189. The van der Waals surface area contributed by atoms with E-state index in [1.807, 2.05) is 42.7 Å². The SMILES string of the molecule is Cc1ccc(-n2c(C)nnc2SCc2nc(C(=O)NCc3ccc(F)cc3)co2)cc1. The van der Waals surface area contributed by atoms with Gasteiger partial charge in [0, 0.05) is 12.2 Å². The fourth-order valence-electron chi connectivity index (χ4n) is 2.91. The molecule has 0 saturated carbocycles. The Labute approximate surface area is 182 Å². The van der Waals surface area contributed by atoms with Gasteiger partial charge in [0.25, 0.3) is 5.91 Å². The van der Waals surface area contributed by atoms with Crippen LogP contribution in [0.5, 0.6) is 0 Å². The van der Waals surface area contributed by atoms with Crippen molar-refractivity contribution in [2.45, 2.75) is 31.3 Å². The number of nitrogens with zero attached hydrogens (tertiary/aromatic N) is 4. The molecule has 0 unspecified atom stereocenters. The second-order valence-electron chi connectivity index (χ2n) is 6.93. The van der Waals surface area contributed by atoms with Crippen LogP contribution in [0.3, 0.4) is 0 Å². The van der Waals surface area contributed by atoms with Gasteiger partial charge in [-0.05, 0) is 43.7 Å². The molecule has 158 valence electrons. The van der Waals surface area contributed by atoms with Crippen LogP contribution >= 0.6 is 11.8 Å². The number of amides is 1. The zero-order valence-corrected chi connectivity index (χ0v) is 17.8. The standard InChI is InChI=1S/C22H20FN5O2S/c1-14-3-9-18(10-4-14)28-15(2)26-27-22(28)31-13-20-25-19(12-30-20)21(29)24-11-16-5-7-17(23)8-6-16/h3-10,12H,11,13H2,1-2H3,(H,24,29). The predicted octanol–water partition coefficient (Wildman–Crippen LogP) is 4.23. The Bertz CT molecular complexity index is 1190. The highest BCUT2D eigenvalue weighted by molar-refractivity contribution is 7.98. The third-order valence-electron chi connectivity index (χ3n) is 4.56. The lowest BCUT2D eigenvalue weighted by atomic mass is 10.2. The van der Waals surface area contributed by atoms with Crippen LogP contribution < -0.4 is 5.32 Å². The molecule has 7 nitrogen and oxygen atoms in total. The Morgan fingerprint density at radius 1 is 1.10 bits per heavy atom. The van der Waals surface area contributed by atoms with Crippen LogP contribution in [0.2, 0.25) is 0 Å². The van der Waals surface area contributed by atoms with Crippen LogP contribution in [0.1, 0.15) is 33.3 Å². The molecule has 0 spiro atoms. The van der Waals surface area contributed by atoms with Crippen molar-refractivity contribution in [3.63, 3.8) is 0 Å². The Balaban J connectivity index is 1.38. The summed E-state index contributed by atoms with van der Waals surface area (Å²) in [5.74, 6) is 0.910. The molecule has 9 heteroatoms. The van der Waals surface area contributed by atoms with E-state index in [9.17, 15) is 9.18 Å². The van der Waals surface area contributed by atoms with Gasteiger partial charge in [-0.15, -0.1) is 10.2 Å². The molecule has 2 aromatic carbocycles. The largest absolute Gasteiger partial charge is 0.447 e. The minimum Gasteiger partial charge on any atom is -0.447 e. The number of benzene rings is 2. The van der Waals surface area contributed by atoms with E-state index in [0.717, 1.165) is 17.1 Å². The Morgan fingerprint density at radius 2 is 1.84 bits per heavy atom. The van der Waals surface area contributed by atoms with Crippen molar-refractivity contribution < 1.29 is 13.6 Å². The third-order valence-corrected chi connectivity index (χ3v) is 5.48. The molecule has 0 atom stereocenters. The molecule has 4 rings (SSSR count). The average molecular weight is 438 g/mol. The van der Waals surface area contributed by atoms with Gasteiger partial charge in [-0.2, -0.15) is 0 Å². The molecule has 0 aliphatic rings. The molecule has 2 heterocycles. The summed E-state index contributed by atoms with van der Waals surface area (Å²) in [6.45, 7) is 4.20. The second kappa shape index (κ2) is 9.13. The monoisotopic (exact) mass is 437 g/mol. The molecule has 0 aliphatic heterocycles. The van der Waals surface area contributed by atoms with Gasteiger partial charge in [-0.25, -0.2) is 9.37 Å². The first-order valence-electron chi connectivity index (χ1n) is 9.58. The summed E-state index contributed by atoms with van der Waals surface area (Å²) in [4.78, 5) is 16.6. The number of halogens is 1. The number of hydrogen-bond donors (Lipinski definition) is 1. The van der Waals surface area contributed by atoms with Crippen LogP contribution in [0.4, 0.5) is 4.39 Å². The van der Waals surface area contributed by atoms with E-state index in [0.29, 0.717) is 16.8 Å². The van der Waals surface area contributed by atoms with E-state index >= 15 is 0 Å². The number of carbonyl (C=O) groups excluding carboxylic acids is 1. The number of aryl methyl sites for hydroxylation is 2. The van der Waals surface area contributed by atoms with Gasteiger partial charge in [-0.3, -0.25) is 9.36 Å². The first-order valence-corrected chi connectivity index (χ1v) is 10.6. The van der Waals surface area contributed by atoms with E-state index in [1.165, 1.54) is 35.7 Å². The van der Waals surface area contributed by atoms with Gasteiger partial charge in [0.15, 0.2) is 10.9 Å². The second-order valence-corrected chi connectivity index (χ2v) is 7.87. The molecule has 0 aliphatic carbocycles. The molecule has 31 heavy (non-hydrogen) atoms. The molecule has 0 bridgehead atoms. The van der Waals surface area contributed by atoms with E-state index in [-0.39, 0.29) is 24.0 Å². The van der Waals surface area contributed by atoms with Crippen molar-refractivity contribution in [3.05, 3.63) is 89.1 Å². The summed E-state index contributed by atoms with van der Waals surface area (Å²) in [7, 11) is 0. The van der Waals surface area contributed by atoms with E-state index < -0.39 is 0 Å². The molecule has 1 N–H and O–H groups in total. The molecule has 0 saturated heterocycles. The smallest absolute Gasteiger partial charge is 0.273 e. The number of thioether (sulfide) groups is 1. The number of aromatic nitrogens is 4. The first-order chi connectivity index (χ1) is 15.0. The zero-order chi connectivity index (χ0) is 21.8. The van der Waals surface area contributed by atoms with Crippen LogP contribution in [0.25, 0.3) is 5.69 Å². The van der Waals surface area contributed by atoms with Crippen LogP contribution in [-0.4, -0.2) is 25.7 Å². The summed E-state index contributed by atoms with van der Waals surface area (Å²) in [5.41, 5.74) is 3.13. The van der Waals surface area contributed by atoms with Crippen molar-refractivity contribution in [3.8, 4) is 5.69 Å². The molecule has 1 amide bonds. The topological polar surface area (TPSA) is 85.8 Å². The van der Waals surface area contributed by atoms with Gasteiger partial charge in [0.2, 0.25) is 5.89 Å². The van der Waals surface area contributed by atoms with Crippen molar-refractivity contribution >= 4 is 17.7 Å². The van der Waals surface area contributed by atoms with Gasteiger partial charge >= 0.3 is 0 Å². The number of hydrogen-bond acceptors (Lipinski definition) is 6. The van der Waals surface area contributed by atoms with Crippen molar-refractivity contribution in [1.29, 1.82) is 0 Å². The zero-order valence-electron chi connectivity index (χ0n) is 17.0. The van der Waals surface area contributed by atoms with Crippen molar-refractivity contribution in [1.82, 2.24) is 25.1 Å². The van der Waals surface area contributed by atoms with Crippen LogP contribution in [0.15, 0.2) is 64.4 Å². The molecular formula is C22H20FN5O2S. The van der Waals surface area contributed by atoms with Crippen molar-refractivity contribution in [2.24, 2.45) is 0 Å². The van der Waals surface area contributed by atoms with Crippen molar-refractivity contribution in [2.75, 3.05) is 0 Å². The lowest BCUT2D eigenvalue weighted by Gasteiger charge is -2.08. The lowest BCUT2D eigenvalue weighted by Crippen LogP contribution is -2.23. The molecular weight excluding hydrogens is 417 g/mol. The summed E-state index contributed by atoms with van der Waals surface area (Å²) >= 11 is 1.42. The summed E-state index contributed by atoms with van der Waals surface area (Å²) in [5, 5.41) is 11.9. The average Bonchev–Trinajstić information content (AvgIpc) is 3.39. The maximum absolute atomic E-state index is 13.0. The van der Waals surface area contributed by atoms with Gasteiger partial charge in [0.1, 0.15) is 17.9 Å². The third kappa shape index (κ3) is 5.00. The van der Waals surface area contributed by atoms with Crippen LogP contribution in [-0.2, 0) is 12.3 Å². The normalized spacial score (nSPS) is 10.9. The fraction of sp³-hybridized carbons (Fsp3) is 0.182. The number of oxazole rings is 1. The minimum atomic E-state index is -0.358. The highest BCUT2D eigenvalue weighted by Crippen LogP contribution is 2.25. The highest BCUT2D eigenvalue weighted by atomic mass is 32.2. The summed E-state index contributed by atoms with van der Waals surface area (Å²) in [6.07, 6.45) is 1.33. The van der Waals surface area contributed by atoms with E-state index in [2.05, 4.69) is 20.5 Å². The summed E-state index contributed by atoms with van der Waals surface area (Å²) in [6, 6.07) is 14.0. The first kappa shape index (κ1) is 20.8. The Hall–Kier alpha value is -3.46. The maximum Gasteiger partial charge on any atom is 0.273 e. The number of nitrogens with one attached hydrogen (secondary N) is 1. The fourth-order valence-corrected chi connectivity index (χ4v) is 3.76. The summed E-state index contributed by atoms with van der Waals surface area (Å²) < 4.78 is 20.4. The molecule has 2 aromatic heterocycles. The number of rotatable bonds is 7. The van der Waals surface area contributed by atoms with Crippen LogP contribution in [0, 0.1) is 19.7 Å². The number of carbonyl (C=O) groups is 1. The predicted molar refractivity (Wildman–Crippen MR) is 114 cm³/mol. The molecule has 0 fully saturated rings. The quantitative estimate of drug-likeness (QED) is 0.436. The van der Waals surface area contributed by atoms with E-state index in [1.54, 1.807) is 12.1 Å². The molecule has 4 aromatic rings. The Kier molecular flexibility index (Phi) is 6.13.